The van der Waals surface area contributed by atoms with Gasteiger partial charge in [0.1, 0.15) is 11.5 Å². The molecule has 0 bridgehead atoms. The Labute approximate surface area is 112 Å². The second kappa shape index (κ2) is 4.94. The average molecular weight is 255 g/mol. The molecule has 2 aromatic carbocycles. The summed E-state index contributed by atoms with van der Waals surface area (Å²) < 4.78 is 0. The second-order valence-corrected chi connectivity index (χ2v) is 5.04. The minimum Gasteiger partial charge on any atom is -0.508 e. The van der Waals surface area contributed by atoms with Crippen LogP contribution in [0.15, 0.2) is 42.5 Å². The average Bonchev–Trinajstić information content (AvgIpc) is 2.37. The first-order chi connectivity index (χ1) is 9.24. The molecule has 0 radical (unpaired) electrons. The molecule has 0 amide bonds. The van der Waals surface area contributed by atoms with Gasteiger partial charge in [0.15, 0.2) is 0 Å². The van der Waals surface area contributed by atoms with Gasteiger partial charge in [-0.3, -0.25) is 0 Å². The number of rotatable bonds is 4. The van der Waals surface area contributed by atoms with Crippen LogP contribution in [0, 0.1) is 0 Å². The molecule has 98 valence electrons. The fraction of sp³-hybridized carbons (Fsp3) is 0.250. The number of hydrogen-bond donors (Lipinski definition) is 3. The lowest BCUT2D eigenvalue weighted by molar-refractivity contribution is 0.442. The Morgan fingerprint density at radius 3 is 2.74 bits per heavy atom. The molecule has 0 fully saturated rings. The van der Waals surface area contributed by atoms with Crippen molar-refractivity contribution in [3.63, 3.8) is 0 Å². The zero-order valence-electron chi connectivity index (χ0n) is 10.6. The van der Waals surface area contributed by atoms with Gasteiger partial charge in [-0.25, -0.2) is 0 Å². The fourth-order valence-electron chi connectivity index (χ4n) is 2.63. The molecule has 19 heavy (non-hydrogen) atoms. The van der Waals surface area contributed by atoms with E-state index < -0.39 is 0 Å². The van der Waals surface area contributed by atoms with Gasteiger partial charge in [0.25, 0.3) is 0 Å². The number of nitrogens with one attached hydrogen (secondary N) is 1. The Hall–Kier alpha value is -2.00. The highest BCUT2D eigenvalue weighted by Crippen LogP contribution is 2.34. The lowest BCUT2D eigenvalue weighted by atomic mass is 9.77. The molecule has 0 heterocycles. The van der Waals surface area contributed by atoms with E-state index in [0.29, 0.717) is 12.5 Å². The summed E-state index contributed by atoms with van der Waals surface area (Å²) in [5.41, 5.74) is 3.69. The van der Waals surface area contributed by atoms with Gasteiger partial charge < -0.3 is 15.5 Å². The molecule has 0 saturated carbocycles. The normalized spacial score (nSPS) is 16.7. The van der Waals surface area contributed by atoms with E-state index in [2.05, 4.69) is 29.6 Å². The molecule has 3 heteroatoms. The summed E-state index contributed by atoms with van der Waals surface area (Å²) in [5.74, 6) is 0.811. The van der Waals surface area contributed by atoms with Gasteiger partial charge in [0.05, 0.1) is 0 Å². The van der Waals surface area contributed by atoms with E-state index >= 15 is 0 Å². The van der Waals surface area contributed by atoms with Crippen LogP contribution in [-0.4, -0.2) is 16.8 Å². The summed E-state index contributed by atoms with van der Waals surface area (Å²) in [6.45, 7) is 1.53. The Balaban J connectivity index is 1.55. The van der Waals surface area contributed by atoms with Crippen LogP contribution in [0.5, 0.6) is 11.5 Å². The van der Waals surface area contributed by atoms with E-state index in [-0.39, 0.29) is 11.5 Å². The van der Waals surface area contributed by atoms with E-state index in [9.17, 15) is 10.2 Å². The molecule has 0 spiro atoms. The Morgan fingerprint density at radius 1 is 1.11 bits per heavy atom. The maximum absolute atomic E-state index is 9.69. The van der Waals surface area contributed by atoms with Crippen molar-refractivity contribution >= 4 is 0 Å². The van der Waals surface area contributed by atoms with Crippen molar-refractivity contribution in [1.82, 2.24) is 5.32 Å². The van der Waals surface area contributed by atoms with Crippen molar-refractivity contribution in [1.29, 1.82) is 0 Å². The minimum absolute atomic E-state index is 0.0918. The van der Waals surface area contributed by atoms with Crippen LogP contribution >= 0.6 is 0 Å². The Morgan fingerprint density at radius 2 is 1.95 bits per heavy atom. The van der Waals surface area contributed by atoms with E-state index in [1.807, 2.05) is 0 Å². The Kier molecular flexibility index (Phi) is 3.13. The maximum Gasteiger partial charge on any atom is 0.123 e. The molecule has 3 nitrogen and oxygen atoms in total. The number of phenols is 2. The van der Waals surface area contributed by atoms with Crippen LogP contribution in [-0.2, 0) is 13.0 Å². The highest BCUT2D eigenvalue weighted by molar-refractivity contribution is 5.41. The smallest absolute Gasteiger partial charge is 0.123 e. The SMILES string of the molecule is Oc1ccc(CNCC2Cc3ccccc32)c(O)c1. The number of aromatic hydroxyl groups is 2. The molecular weight excluding hydrogens is 238 g/mol. The molecule has 0 aromatic heterocycles. The zero-order valence-corrected chi connectivity index (χ0v) is 10.6. The lowest BCUT2D eigenvalue weighted by Gasteiger charge is -2.30. The topological polar surface area (TPSA) is 52.5 Å². The predicted molar refractivity (Wildman–Crippen MR) is 74.4 cm³/mol. The molecule has 1 aliphatic carbocycles. The molecule has 3 N–H and O–H groups in total. The van der Waals surface area contributed by atoms with Gasteiger partial charge in [0, 0.05) is 30.6 Å². The van der Waals surface area contributed by atoms with Crippen molar-refractivity contribution in [2.24, 2.45) is 0 Å². The minimum atomic E-state index is 0.0918. The molecule has 0 saturated heterocycles. The van der Waals surface area contributed by atoms with Crippen LogP contribution < -0.4 is 5.32 Å². The monoisotopic (exact) mass is 255 g/mol. The van der Waals surface area contributed by atoms with Crippen molar-refractivity contribution < 1.29 is 10.2 Å². The van der Waals surface area contributed by atoms with Crippen LogP contribution in [0.1, 0.15) is 22.6 Å². The first-order valence-corrected chi connectivity index (χ1v) is 6.53. The van der Waals surface area contributed by atoms with E-state index in [0.717, 1.165) is 18.5 Å². The van der Waals surface area contributed by atoms with Gasteiger partial charge in [-0.05, 0) is 23.6 Å². The first-order valence-electron chi connectivity index (χ1n) is 6.53. The standard InChI is InChI=1S/C16H17NO2/c18-14-6-5-12(16(19)8-14)9-17-10-13-7-11-3-1-2-4-15(11)13/h1-6,8,13,17-19H,7,9-10H2. The molecule has 2 aromatic rings. The largest absolute Gasteiger partial charge is 0.508 e. The van der Waals surface area contributed by atoms with Crippen molar-refractivity contribution in [2.75, 3.05) is 6.54 Å². The van der Waals surface area contributed by atoms with Gasteiger partial charge in [-0.1, -0.05) is 30.3 Å². The summed E-state index contributed by atoms with van der Waals surface area (Å²) in [7, 11) is 0. The van der Waals surface area contributed by atoms with Gasteiger partial charge in [-0.15, -0.1) is 0 Å². The number of hydrogen-bond acceptors (Lipinski definition) is 3. The number of phenolic OH excluding ortho intramolecular Hbond substituents is 2. The molecule has 1 unspecified atom stereocenters. The molecule has 3 rings (SSSR count). The fourth-order valence-corrected chi connectivity index (χ4v) is 2.63. The van der Waals surface area contributed by atoms with Crippen LogP contribution in [0.3, 0.4) is 0 Å². The van der Waals surface area contributed by atoms with Crippen molar-refractivity contribution in [3.8, 4) is 11.5 Å². The molecule has 1 aliphatic rings. The van der Waals surface area contributed by atoms with E-state index in [1.54, 1.807) is 12.1 Å². The van der Waals surface area contributed by atoms with Crippen LogP contribution in [0.25, 0.3) is 0 Å². The van der Waals surface area contributed by atoms with Gasteiger partial charge >= 0.3 is 0 Å². The van der Waals surface area contributed by atoms with Crippen molar-refractivity contribution in [3.05, 3.63) is 59.2 Å². The highest BCUT2D eigenvalue weighted by Gasteiger charge is 2.24. The van der Waals surface area contributed by atoms with Gasteiger partial charge in [0.2, 0.25) is 0 Å². The van der Waals surface area contributed by atoms with Crippen molar-refractivity contribution in [2.45, 2.75) is 18.9 Å². The predicted octanol–water partition coefficient (Wildman–Crippen LogP) is 2.53. The quantitative estimate of drug-likeness (QED) is 0.787. The summed E-state index contributed by atoms with van der Waals surface area (Å²) >= 11 is 0. The zero-order chi connectivity index (χ0) is 13.2. The summed E-state index contributed by atoms with van der Waals surface area (Å²) in [6, 6.07) is 13.2. The van der Waals surface area contributed by atoms with Crippen LogP contribution in [0.4, 0.5) is 0 Å². The lowest BCUT2D eigenvalue weighted by Crippen LogP contribution is -2.28. The third-order valence-electron chi connectivity index (χ3n) is 3.74. The first kappa shape index (κ1) is 12.1. The third-order valence-corrected chi connectivity index (χ3v) is 3.74. The molecular formula is C16H17NO2. The van der Waals surface area contributed by atoms with E-state index in [4.69, 9.17) is 0 Å². The maximum atomic E-state index is 9.69. The third kappa shape index (κ3) is 2.42. The van der Waals surface area contributed by atoms with E-state index in [1.165, 1.54) is 17.2 Å². The Bertz CT molecular complexity index is 595. The summed E-state index contributed by atoms with van der Waals surface area (Å²) in [4.78, 5) is 0. The van der Waals surface area contributed by atoms with Gasteiger partial charge in [-0.2, -0.15) is 0 Å². The molecule has 1 atom stereocenters. The summed E-state index contributed by atoms with van der Waals surface area (Å²) in [5, 5.41) is 22.3. The van der Waals surface area contributed by atoms with Crippen LogP contribution in [0.2, 0.25) is 0 Å². The number of fused-ring (bicyclic) bond motifs is 1. The molecule has 0 aliphatic heterocycles. The second-order valence-electron chi connectivity index (χ2n) is 5.04. The number of benzene rings is 2. The highest BCUT2D eigenvalue weighted by atomic mass is 16.3. The summed E-state index contributed by atoms with van der Waals surface area (Å²) in [6.07, 6.45) is 1.13.